The number of hydrogen-bond acceptors (Lipinski definition) is 3. The van der Waals surface area contributed by atoms with Gasteiger partial charge in [-0.1, -0.05) is 13.0 Å². The molecule has 0 atom stereocenters. The minimum Gasteiger partial charge on any atom is -0.357 e. The van der Waals surface area contributed by atoms with Crippen LogP contribution in [-0.4, -0.2) is 68.1 Å². The molecule has 0 spiro atoms. The van der Waals surface area contributed by atoms with Crippen molar-refractivity contribution < 1.29 is 17.6 Å². The first-order chi connectivity index (χ1) is 13.3. The maximum Gasteiger partial charge on any atom is 0.416 e. The first-order valence-corrected chi connectivity index (χ1v) is 9.66. The molecule has 0 aromatic heterocycles. The molecular formula is C19H30F4IN5. The molecule has 5 nitrogen and oxygen atoms in total. The second-order valence-corrected chi connectivity index (χ2v) is 6.70. The van der Waals surface area contributed by atoms with Crippen LogP contribution in [0.4, 0.5) is 17.6 Å². The lowest BCUT2D eigenvalue weighted by Gasteiger charge is -2.34. The maximum absolute atomic E-state index is 13.2. The Morgan fingerprint density at radius 3 is 2.31 bits per heavy atom. The highest BCUT2D eigenvalue weighted by Gasteiger charge is 2.33. The highest BCUT2D eigenvalue weighted by atomic mass is 127. The van der Waals surface area contributed by atoms with Gasteiger partial charge in [-0.25, -0.2) is 9.38 Å². The zero-order valence-electron chi connectivity index (χ0n) is 16.9. The van der Waals surface area contributed by atoms with Gasteiger partial charge in [0.2, 0.25) is 0 Å². The van der Waals surface area contributed by atoms with Crippen molar-refractivity contribution in [2.45, 2.75) is 26.6 Å². The molecule has 2 N–H and O–H groups in total. The number of nitrogens with one attached hydrogen (secondary N) is 2. The number of alkyl halides is 3. The topological polar surface area (TPSA) is 42.9 Å². The number of halogens is 5. The van der Waals surface area contributed by atoms with E-state index in [0.717, 1.165) is 51.4 Å². The lowest BCUT2D eigenvalue weighted by Crippen LogP contribution is -2.49. The van der Waals surface area contributed by atoms with E-state index in [9.17, 15) is 17.6 Å². The molecule has 1 aliphatic rings. The first kappa shape index (κ1) is 25.9. The van der Waals surface area contributed by atoms with E-state index in [0.29, 0.717) is 25.1 Å². The molecule has 0 amide bonds. The van der Waals surface area contributed by atoms with Gasteiger partial charge in [0, 0.05) is 45.8 Å². The standard InChI is InChI=1S/C19H29F4N5.HI/c1-3-24-18(25-7-8-28-11-9-27(4-2)10-12-28)26-14-15-5-6-16(20)13-17(15)19(21,22)23;/h5-6,13H,3-4,7-12,14H2,1-2H3,(H2,24,25,26);1H. The smallest absolute Gasteiger partial charge is 0.357 e. The zero-order chi connectivity index (χ0) is 20.6. The summed E-state index contributed by atoms with van der Waals surface area (Å²) in [5.74, 6) is -0.458. The second kappa shape index (κ2) is 12.5. The summed E-state index contributed by atoms with van der Waals surface area (Å²) in [7, 11) is 0. The van der Waals surface area contributed by atoms with Gasteiger partial charge in [-0.15, -0.1) is 24.0 Å². The molecule has 10 heteroatoms. The Morgan fingerprint density at radius 2 is 1.72 bits per heavy atom. The predicted octanol–water partition coefficient (Wildman–Crippen LogP) is 3.16. The summed E-state index contributed by atoms with van der Waals surface area (Å²) in [4.78, 5) is 8.99. The van der Waals surface area contributed by atoms with Crippen LogP contribution in [0.15, 0.2) is 23.2 Å². The molecule has 0 saturated carbocycles. The molecule has 166 valence electrons. The van der Waals surface area contributed by atoms with Gasteiger partial charge < -0.3 is 15.5 Å². The van der Waals surface area contributed by atoms with Crippen LogP contribution in [0.3, 0.4) is 0 Å². The second-order valence-electron chi connectivity index (χ2n) is 6.70. The number of hydrogen-bond donors (Lipinski definition) is 2. The van der Waals surface area contributed by atoms with Gasteiger partial charge in [0.15, 0.2) is 5.96 Å². The van der Waals surface area contributed by atoms with Crippen molar-refractivity contribution in [2.75, 3.05) is 52.4 Å². The highest BCUT2D eigenvalue weighted by molar-refractivity contribution is 14.0. The van der Waals surface area contributed by atoms with Gasteiger partial charge in [-0.2, -0.15) is 13.2 Å². The molecule has 29 heavy (non-hydrogen) atoms. The number of piperazine rings is 1. The summed E-state index contributed by atoms with van der Waals surface area (Å²) < 4.78 is 52.5. The van der Waals surface area contributed by atoms with E-state index in [1.54, 1.807) is 0 Å². The number of rotatable bonds is 7. The Kier molecular flexibility index (Phi) is 11.2. The van der Waals surface area contributed by atoms with Crippen LogP contribution in [0.25, 0.3) is 0 Å². The Bertz CT molecular complexity index is 646. The molecule has 0 bridgehead atoms. The molecule has 1 aromatic rings. The van der Waals surface area contributed by atoms with E-state index < -0.39 is 17.6 Å². The van der Waals surface area contributed by atoms with Crippen molar-refractivity contribution >= 4 is 29.9 Å². The van der Waals surface area contributed by atoms with Crippen LogP contribution in [0.2, 0.25) is 0 Å². The highest BCUT2D eigenvalue weighted by Crippen LogP contribution is 2.32. The minimum atomic E-state index is -4.61. The lowest BCUT2D eigenvalue weighted by molar-refractivity contribution is -0.138. The fourth-order valence-electron chi connectivity index (χ4n) is 3.12. The van der Waals surface area contributed by atoms with Gasteiger partial charge in [-0.05, 0) is 31.2 Å². The number of aliphatic imine (C=N–C) groups is 1. The van der Waals surface area contributed by atoms with E-state index in [4.69, 9.17) is 0 Å². The molecular weight excluding hydrogens is 501 g/mol. The van der Waals surface area contributed by atoms with Gasteiger partial charge >= 0.3 is 6.18 Å². The summed E-state index contributed by atoms with van der Waals surface area (Å²) >= 11 is 0. The Labute approximate surface area is 186 Å². The third kappa shape index (κ3) is 8.63. The summed E-state index contributed by atoms with van der Waals surface area (Å²) in [5, 5.41) is 6.19. The summed E-state index contributed by atoms with van der Waals surface area (Å²) in [6.07, 6.45) is -4.61. The van der Waals surface area contributed by atoms with Crippen LogP contribution >= 0.6 is 24.0 Å². The van der Waals surface area contributed by atoms with Crippen molar-refractivity contribution in [3.8, 4) is 0 Å². The van der Waals surface area contributed by atoms with E-state index in [2.05, 4.69) is 32.3 Å². The monoisotopic (exact) mass is 531 g/mol. The minimum absolute atomic E-state index is 0. The van der Waals surface area contributed by atoms with Gasteiger partial charge in [0.1, 0.15) is 5.82 Å². The fraction of sp³-hybridized carbons (Fsp3) is 0.632. The van der Waals surface area contributed by atoms with Crippen LogP contribution in [0.1, 0.15) is 25.0 Å². The van der Waals surface area contributed by atoms with Crippen LogP contribution < -0.4 is 10.6 Å². The largest absolute Gasteiger partial charge is 0.416 e. The number of likely N-dealkylation sites (N-methyl/N-ethyl adjacent to an activating group) is 1. The molecule has 1 saturated heterocycles. The normalized spacial score (nSPS) is 16.4. The van der Waals surface area contributed by atoms with Crippen molar-refractivity contribution in [3.63, 3.8) is 0 Å². The van der Waals surface area contributed by atoms with Gasteiger partial charge in [0.25, 0.3) is 0 Å². The van der Waals surface area contributed by atoms with Gasteiger partial charge in [0.05, 0.1) is 12.1 Å². The van der Waals surface area contributed by atoms with Crippen molar-refractivity contribution in [2.24, 2.45) is 4.99 Å². The molecule has 1 heterocycles. The predicted molar refractivity (Wildman–Crippen MR) is 118 cm³/mol. The Balaban J connectivity index is 0.00000420. The third-order valence-electron chi connectivity index (χ3n) is 4.76. The molecule has 0 unspecified atom stereocenters. The molecule has 1 aromatic carbocycles. The molecule has 0 radical (unpaired) electrons. The van der Waals surface area contributed by atoms with Crippen LogP contribution in [0, 0.1) is 5.82 Å². The van der Waals surface area contributed by atoms with Crippen molar-refractivity contribution in [1.82, 2.24) is 20.4 Å². The molecule has 1 aliphatic heterocycles. The van der Waals surface area contributed by atoms with E-state index >= 15 is 0 Å². The van der Waals surface area contributed by atoms with Crippen molar-refractivity contribution in [3.05, 3.63) is 35.1 Å². The molecule has 2 rings (SSSR count). The van der Waals surface area contributed by atoms with Crippen LogP contribution in [-0.2, 0) is 12.7 Å². The fourth-order valence-corrected chi connectivity index (χ4v) is 3.12. The maximum atomic E-state index is 13.2. The van der Waals surface area contributed by atoms with Crippen LogP contribution in [0.5, 0.6) is 0 Å². The lowest BCUT2D eigenvalue weighted by atomic mass is 10.1. The zero-order valence-corrected chi connectivity index (χ0v) is 19.2. The quantitative estimate of drug-likeness (QED) is 0.246. The first-order valence-electron chi connectivity index (χ1n) is 9.66. The Morgan fingerprint density at radius 1 is 1.07 bits per heavy atom. The van der Waals surface area contributed by atoms with Gasteiger partial charge in [-0.3, -0.25) is 4.90 Å². The molecule has 0 aliphatic carbocycles. The Hall–Kier alpha value is -1.14. The number of guanidine groups is 1. The SMILES string of the molecule is CCNC(=NCc1ccc(F)cc1C(F)(F)F)NCCN1CCN(CC)CC1.I. The molecule has 1 fully saturated rings. The average Bonchev–Trinajstić information content (AvgIpc) is 2.66. The number of benzene rings is 1. The average molecular weight is 531 g/mol. The summed E-state index contributed by atoms with van der Waals surface area (Å²) in [6.45, 7) is 11.1. The summed E-state index contributed by atoms with van der Waals surface area (Å²) in [6, 6.07) is 2.68. The van der Waals surface area contributed by atoms with E-state index in [1.165, 1.54) is 0 Å². The van der Waals surface area contributed by atoms with E-state index in [1.807, 2.05) is 6.92 Å². The van der Waals surface area contributed by atoms with Crippen molar-refractivity contribution in [1.29, 1.82) is 0 Å². The number of nitrogens with zero attached hydrogens (tertiary/aromatic N) is 3. The van der Waals surface area contributed by atoms with E-state index in [-0.39, 0.29) is 36.1 Å². The summed E-state index contributed by atoms with van der Waals surface area (Å²) in [5.41, 5.74) is -1.04. The third-order valence-corrected chi connectivity index (χ3v) is 4.76.